The highest BCUT2D eigenvalue weighted by Crippen LogP contribution is 2.19. The molecule has 2 heterocycles. The van der Waals surface area contributed by atoms with Crippen LogP contribution in [0.3, 0.4) is 0 Å². The summed E-state index contributed by atoms with van der Waals surface area (Å²) in [6, 6.07) is 10.8. The molecule has 1 aromatic heterocycles. The monoisotopic (exact) mass is 498 g/mol. The maximum Gasteiger partial charge on any atom is 0.352 e. The maximum atomic E-state index is 14.6. The van der Waals surface area contributed by atoms with Gasteiger partial charge in [-0.1, -0.05) is 30.3 Å². The van der Waals surface area contributed by atoms with Crippen LogP contribution in [0, 0.1) is 17.6 Å². The number of nitrogens with zero attached hydrogens (tertiary/aromatic N) is 4. The Kier molecular flexibility index (Phi) is 7.37. The van der Waals surface area contributed by atoms with Crippen molar-refractivity contribution in [3.63, 3.8) is 0 Å². The van der Waals surface area contributed by atoms with E-state index in [2.05, 4.69) is 5.10 Å². The van der Waals surface area contributed by atoms with Crippen LogP contribution >= 0.6 is 0 Å². The van der Waals surface area contributed by atoms with Crippen LogP contribution in [0.1, 0.15) is 35.8 Å². The Hall–Kier alpha value is -4.15. The summed E-state index contributed by atoms with van der Waals surface area (Å²) in [6.45, 7) is 1.64. The molecule has 1 aliphatic heterocycles. The summed E-state index contributed by atoms with van der Waals surface area (Å²) in [5.74, 6) is -3.29. The summed E-state index contributed by atoms with van der Waals surface area (Å²) in [5, 5.41) is 3.94. The molecule has 0 radical (unpaired) electrons. The number of rotatable bonds is 6. The molecule has 9 nitrogen and oxygen atoms in total. The predicted octanol–water partition coefficient (Wildman–Crippen LogP) is 2.14. The largest absolute Gasteiger partial charge is 0.466 e. The minimum atomic E-state index is -1.04. The highest BCUT2D eigenvalue weighted by Gasteiger charge is 2.32. The van der Waals surface area contributed by atoms with Crippen LogP contribution < -0.4 is 11.2 Å². The summed E-state index contributed by atoms with van der Waals surface area (Å²) in [7, 11) is 0. The third-order valence-electron chi connectivity index (χ3n) is 5.96. The Balaban J connectivity index is 1.81. The molecule has 3 aromatic rings. The molecule has 2 aromatic carbocycles. The zero-order valence-electron chi connectivity index (χ0n) is 19.5. The second-order valence-corrected chi connectivity index (χ2v) is 8.32. The number of aromatic nitrogens is 3. The molecule has 1 unspecified atom stereocenters. The summed E-state index contributed by atoms with van der Waals surface area (Å²) in [4.78, 5) is 53.4. The quantitative estimate of drug-likeness (QED) is 0.483. The summed E-state index contributed by atoms with van der Waals surface area (Å²) in [5.41, 5.74) is -2.96. The van der Waals surface area contributed by atoms with Crippen molar-refractivity contribution in [1.82, 2.24) is 19.2 Å². The van der Waals surface area contributed by atoms with Crippen molar-refractivity contribution < 1.29 is 23.1 Å². The molecule has 0 spiro atoms. The number of piperidine rings is 1. The Morgan fingerprint density at radius 3 is 2.44 bits per heavy atom. The Morgan fingerprint density at radius 2 is 1.75 bits per heavy atom. The van der Waals surface area contributed by atoms with Gasteiger partial charge in [0.1, 0.15) is 17.3 Å². The number of hydrogen-bond acceptors (Lipinski definition) is 6. The first-order chi connectivity index (χ1) is 17.3. The first-order valence-corrected chi connectivity index (χ1v) is 11.5. The van der Waals surface area contributed by atoms with Crippen molar-refractivity contribution in [2.75, 3.05) is 19.7 Å². The van der Waals surface area contributed by atoms with Crippen LogP contribution in [-0.2, 0) is 16.1 Å². The van der Waals surface area contributed by atoms with E-state index in [0.717, 1.165) is 6.07 Å². The lowest BCUT2D eigenvalue weighted by Crippen LogP contribution is -2.49. The lowest BCUT2D eigenvalue weighted by atomic mass is 9.98. The van der Waals surface area contributed by atoms with E-state index in [-0.39, 0.29) is 30.9 Å². The van der Waals surface area contributed by atoms with Crippen molar-refractivity contribution in [3.8, 4) is 5.69 Å². The molecule has 1 amide bonds. The fraction of sp³-hybridized carbons (Fsp3) is 0.320. The molecular formula is C25H24F2N4O5. The van der Waals surface area contributed by atoms with E-state index in [1.165, 1.54) is 47.4 Å². The number of hydrogen-bond donors (Lipinski definition) is 0. The number of carbonyl (C=O) groups excluding carboxylic acids is 2. The van der Waals surface area contributed by atoms with Gasteiger partial charge >= 0.3 is 11.7 Å². The van der Waals surface area contributed by atoms with E-state index >= 15 is 0 Å². The third kappa shape index (κ3) is 4.95. The van der Waals surface area contributed by atoms with Gasteiger partial charge in [-0.05, 0) is 38.0 Å². The highest BCUT2D eigenvalue weighted by atomic mass is 19.1. The highest BCUT2D eigenvalue weighted by molar-refractivity contribution is 5.92. The first-order valence-electron chi connectivity index (χ1n) is 11.5. The van der Waals surface area contributed by atoms with Crippen LogP contribution in [0.15, 0.2) is 58.1 Å². The number of halogens is 2. The van der Waals surface area contributed by atoms with Gasteiger partial charge in [0, 0.05) is 18.7 Å². The first kappa shape index (κ1) is 25.0. The molecule has 1 saturated heterocycles. The van der Waals surface area contributed by atoms with Crippen LogP contribution in [0.25, 0.3) is 5.69 Å². The fourth-order valence-corrected chi connectivity index (χ4v) is 4.13. The number of carbonyl (C=O) groups is 2. The molecule has 11 heteroatoms. The molecule has 1 aliphatic rings. The van der Waals surface area contributed by atoms with E-state index in [0.29, 0.717) is 22.1 Å². The van der Waals surface area contributed by atoms with Crippen LogP contribution in [-0.4, -0.2) is 50.8 Å². The van der Waals surface area contributed by atoms with Gasteiger partial charge in [0.25, 0.3) is 11.5 Å². The molecule has 0 N–H and O–H groups in total. The summed E-state index contributed by atoms with van der Waals surface area (Å²) >= 11 is 0. The lowest BCUT2D eigenvalue weighted by Gasteiger charge is -2.31. The lowest BCUT2D eigenvalue weighted by molar-refractivity contribution is -0.149. The molecular weight excluding hydrogens is 474 g/mol. The van der Waals surface area contributed by atoms with Gasteiger partial charge in [-0.3, -0.25) is 19.0 Å². The van der Waals surface area contributed by atoms with E-state index < -0.39 is 52.9 Å². The second-order valence-electron chi connectivity index (χ2n) is 8.32. The summed E-state index contributed by atoms with van der Waals surface area (Å²) in [6.07, 6.45) is 1.01. The molecule has 0 aliphatic carbocycles. The maximum absolute atomic E-state index is 14.6. The number of ether oxygens (including phenoxy) is 1. The van der Waals surface area contributed by atoms with E-state index in [1.54, 1.807) is 6.92 Å². The van der Waals surface area contributed by atoms with Gasteiger partial charge in [-0.2, -0.15) is 9.78 Å². The van der Waals surface area contributed by atoms with Crippen molar-refractivity contribution in [2.45, 2.75) is 26.3 Å². The van der Waals surface area contributed by atoms with Gasteiger partial charge in [0.05, 0.1) is 19.1 Å². The number of para-hydroxylation sites is 1. The van der Waals surface area contributed by atoms with Crippen molar-refractivity contribution in [1.29, 1.82) is 0 Å². The zero-order chi connectivity index (χ0) is 25.8. The smallest absolute Gasteiger partial charge is 0.352 e. The molecule has 4 rings (SSSR count). The predicted molar refractivity (Wildman–Crippen MR) is 125 cm³/mol. The van der Waals surface area contributed by atoms with Crippen LogP contribution in [0.5, 0.6) is 0 Å². The Morgan fingerprint density at radius 1 is 1.06 bits per heavy atom. The molecule has 1 atom stereocenters. The Bertz CT molecular complexity index is 1420. The average molecular weight is 498 g/mol. The Labute approximate surface area is 204 Å². The van der Waals surface area contributed by atoms with Gasteiger partial charge < -0.3 is 9.64 Å². The van der Waals surface area contributed by atoms with E-state index in [4.69, 9.17) is 4.74 Å². The van der Waals surface area contributed by atoms with Crippen LogP contribution in [0.2, 0.25) is 0 Å². The van der Waals surface area contributed by atoms with Gasteiger partial charge in [-0.25, -0.2) is 13.6 Å². The van der Waals surface area contributed by atoms with Gasteiger partial charge in [-0.15, -0.1) is 0 Å². The van der Waals surface area contributed by atoms with Gasteiger partial charge in [0.15, 0.2) is 0 Å². The zero-order valence-corrected chi connectivity index (χ0v) is 19.5. The number of amides is 1. The third-order valence-corrected chi connectivity index (χ3v) is 5.96. The topological polar surface area (TPSA) is 104 Å². The SMILES string of the molecule is CCOC(=O)C1CCCN(C(=O)c2nn(-c3ccccc3F)c(=O)n(Cc3ccccc3F)c2=O)C1. The summed E-state index contributed by atoms with van der Waals surface area (Å²) < 4.78 is 35.3. The second kappa shape index (κ2) is 10.6. The van der Waals surface area contributed by atoms with E-state index in [1.807, 2.05) is 0 Å². The number of likely N-dealkylation sites (tertiary alicyclic amines) is 1. The molecule has 0 saturated carbocycles. The van der Waals surface area contributed by atoms with E-state index in [9.17, 15) is 28.0 Å². The average Bonchev–Trinajstić information content (AvgIpc) is 2.88. The molecule has 188 valence electrons. The number of esters is 1. The normalized spacial score (nSPS) is 15.5. The van der Waals surface area contributed by atoms with Gasteiger partial charge in [0.2, 0.25) is 5.69 Å². The standard InChI is InChI=1S/C25H24F2N4O5/c1-2-36-24(34)17-9-7-13-29(14-17)22(32)21-23(33)30(15-16-8-3-4-10-18(16)26)25(35)31(28-21)20-12-6-5-11-19(20)27/h3-6,8,10-12,17H,2,7,9,13-15H2,1H3. The number of benzene rings is 2. The molecule has 1 fully saturated rings. The molecule has 36 heavy (non-hydrogen) atoms. The van der Waals surface area contributed by atoms with Crippen molar-refractivity contribution in [2.24, 2.45) is 5.92 Å². The van der Waals surface area contributed by atoms with Crippen LogP contribution in [0.4, 0.5) is 8.78 Å². The fourth-order valence-electron chi connectivity index (χ4n) is 4.13. The minimum absolute atomic E-state index is 0.00489. The van der Waals surface area contributed by atoms with Crippen molar-refractivity contribution >= 4 is 11.9 Å². The molecule has 0 bridgehead atoms. The van der Waals surface area contributed by atoms with Crippen molar-refractivity contribution in [3.05, 3.63) is 92.3 Å². The minimum Gasteiger partial charge on any atom is -0.466 e.